The van der Waals surface area contributed by atoms with Crippen molar-refractivity contribution in [2.24, 2.45) is 5.41 Å². The topological polar surface area (TPSA) is 47.0 Å². The van der Waals surface area contributed by atoms with Crippen molar-refractivity contribution in [3.63, 3.8) is 0 Å². The van der Waals surface area contributed by atoms with Gasteiger partial charge < -0.3 is 10.1 Å². The largest absolute Gasteiger partial charge is 0.474 e. The summed E-state index contributed by atoms with van der Waals surface area (Å²) in [6.07, 6.45) is 5.81. The first-order chi connectivity index (χ1) is 9.02. The van der Waals surface area contributed by atoms with Crippen LogP contribution in [-0.4, -0.2) is 23.1 Å². The first-order valence-electron chi connectivity index (χ1n) is 7.25. The summed E-state index contributed by atoms with van der Waals surface area (Å²) in [5, 5.41) is 3.06. The molecule has 4 nitrogen and oxygen atoms in total. The molecule has 19 heavy (non-hydrogen) atoms. The molecule has 1 heterocycles. The lowest BCUT2D eigenvalue weighted by Gasteiger charge is -2.34. The van der Waals surface area contributed by atoms with E-state index in [2.05, 4.69) is 36.1 Å². The monoisotopic (exact) mass is 263 g/mol. The van der Waals surface area contributed by atoms with Gasteiger partial charge in [-0.2, -0.15) is 4.98 Å². The van der Waals surface area contributed by atoms with Crippen LogP contribution >= 0.6 is 0 Å². The van der Waals surface area contributed by atoms with E-state index in [1.165, 1.54) is 12.8 Å². The summed E-state index contributed by atoms with van der Waals surface area (Å²) in [4.78, 5) is 8.84. The van der Waals surface area contributed by atoms with Gasteiger partial charge in [-0.15, -0.1) is 0 Å². The third-order valence-corrected chi connectivity index (χ3v) is 3.89. The second kappa shape index (κ2) is 5.76. The van der Waals surface area contributed by atoms with Crippen molar-refractivity contribution in [2.45, 2.75) is 59.0 Å². The van der Waals surface area contributed by atoms with Crippen LogP contribution in [-0.2, 0) is 6.42 Å². The van der Waals surface area contributed by atoms with Crippen LogP contribution in [0.15, 0.2) is 6.07 Å². The molecule has 0 atom stereocenters. The van der Waals surface area contributed by atoms with Gasteiger partial charge in [-0.1, -0.05) is 20.8 Å². The lowest BCUT2D eigenvalue weighted by Crippen LogP contribution is -2.28. The molecular formula is C15H25N3O. The summed E-state index contributed by atoms with van der Waals surface area (Å²) in [5.74, 6) is 2.37. The fourth-order valence-corrected chi connectivity index (χ4v) is 2.48. The number of anilines is 1. The molecule has 106 valence electrons. The van der Waals surface area contributed by atoms with E-state index in [1.54, 1.807) is 0 Å². The minimum atomic E-state index is 0.303. The first kappa shape index (κ1) is 14.1. The van der Waals surface area contributed by atoms with Gasteiger partial charge in [0.1, 0.15) is 17.7 Å². The number of nitrogens with one attached hydrogen (secondary N) is 1. The molecule has 0 aromatic carbocycles. The Kier molecular flexibility index (Phi) is 4.27. The van der Waals surface area contributed by atoms with Gasteiger partial charge in [-0.05, 0) is 31.1 Å². The van der Waals surface area contributed by atoms with E-state index in [-0.39, 0.29) is 0 Å². The maximum absolute atomic E-state index is 6.04. The van der Waals surface area contributed by atoms with E-state index in [4.69, 9.17) is 4.74 Å². The highest BCUT2D eigenvalue weighted by molar-refractivity contribution is 5.37. The maximum atomic E-state index is 6.04. The van der Waals surface area contributed by atoms with Gasteiger partial charge >= 0.3 is 0 Å². The number of rotatable bonds is 4. The second-order valence-electron chi connectivity index (χ2n) is 6.09. The zero-order valence-corrected chi connectivity index (χ0v) is 12.5. The highest BCUT2D eigenvalue weighted by Crippen LogP contribution is 2.36. The molecule has 0 unspecified atom stereocenters. The van der Waals surface area contributed by atoms with Crippen molar-refractivity contribution in [1.29, 1.82) is 0 Å². The molecule has 0 spiro atoms. The van der Waals surface area contributed by atoms with Crippen LogP contribution < -0.4 is 10.1 Å². The van der Waals surface area contributed by atoms with E-state index in [0.29, 0.717) is 17.4 Å². The van der Waals surface area contributed by atoms with Gasteiger partial charge in [0.2, 0.25) is 5.88 Å². The van der Waals surface area contributed by atoms with Gasteiger partial charge in [0.25, 0.3) is 0 Å². The quantitative estimate of drug-likeness (QED) is 0.904. The van der Waals surface area contributed by atoms with Gasteiger partial charge in [0, 0.05) is 19.5 Å². The van der Waals surface area contributed by atoms with E-state index < -0.39 is 0 Å². The molecular weight excluding hydrogens is 238 g/mol. The zero-order valence-electron chi connectivity index (χ0n) is 12.5. The SMILES string of the molecule is CCc1nc(NC)cc(OC2CCC(C)(C)CC2)n1. The molecule has 1 N–H and O–H groups in total. The Bertz CT molecular complexity index is 399. The third-order valence-electron chi connectivity index (χ3n) is 3.89. The fraction of sp³-hybridized carbons (Fsp3) is 0.733. The molecule has 0 amide bonds. The Labute approximate surface area is 116 Å². The fourth-order valence-electron chi connectivity index (χ4n) is 2.48. The molecule has 0 bridgehead atoms. The molecule has 1 fully saturated rings. The zero-order chi connectivity index (χ0) is 13.9. The Morgan fingerprint density at radius 2 is 2.00 bits per heavy atom. The maximum Gasteiger partial charge on any atom is 0.218 e. The number of hydrogen-bond donors (Lipinski definition) is 1. The average Bonchev–Trinajstić information content (AvgIpc) is 2.40. The van der Waals surface area contributed by atoms with Crippen LogP contribution in [0.2, 0.25) is 0 Å². The number of aromatic nitrogens is 2. The Morgan fingerprint density at radius 1 is 1.32 bits per heavy atom. The molecule has 1 aromatic rings. The van der Waals surface area contributed by atoms with Crippen molar-refractivity contribution in [3.05, 3.63) is 11.9 Å². The van der Waals surface area contributed by atoms with E-state index in [9.17, 15) is 0 Å². The molecule has 1 aliphatic carbocycles. The van der Waals surface area contributed by atoms with Gasteiger partial charge in [0.05, 0.1) is 0 Å². The average molecular weight is 263 g/mol. The summed E-state index contributed by atoms with van der Waals surface area (Å²) in [5.41, 5.74) is 0.468. The predicted octanol–water partition coefficient (Wildman–Crippen LogP) is 3.43. The van der Waals surface area contributed by atoms with Crippen LogP contribution in [0, 0.1) is 5.41 Å². The normalized spacial score (nSPS) is 19.2. The highest BCUT2D eigenvalue weighted by Gasteiger charge is 2.28. The van der Waals surface area contributed by atoms with Gasteiger partial charge in [0.15, 0.2) is 0 Å². The smallest absolute Gasteiger partial charge is 0.218 e. The minimum Gasteiger partial charge on any atom is -0.474 e. The Balaban J connectivity index is 2.03. The van der Waals surface area contributed by atoms with Crippen molar-refractivity contribution in [1.82, 2.24) is 9.97 Å². The molecule has 0 radical (unpaired) electrons. The van der Waals surface area contributed by atoms with Crippen LogP contribution in [0.3, 0.4) is 0 Å². The van der Waals surface area contributed by atoms with E-state index >= 15 is 0 Å². The highest BCUT2D eigenvalue weighted by atomic mass is 16.5. The summed E-state index contributed by atoms with van der Waals surface area (Å²) in [6, 6.07) is 1.89. The Hall–Kier alpha value is -1.32. The lowest BCUT2D eigenvalue weighted by molar-refractivity contribution is 0.0946. The standard InChI is InChI=1S/C15H25N3O/c1-5-12-17-13(16-4)10-14(18-12)19-11-6-8-15(2,3)9-7-11/h10-11H,5-9H2,1-4H3,(H,16,17,18). The number of nitrogens with zero attached hydrogens (tertiary/aromatic N) is 2. The van der Waals surface area contributed by atoms with E-state index in [0.717, 1.165) is 30.9 Å². The second-order valence-corrected chi connectivity index (χ2v) is 6.09. The van der Waals surface area contributed by atoms with E-state index in [1.807, 2.05) is 13.1 Å². The van der Waals surface area contributed by atoms with Crippen molar-refractivity contribution >= 4 is 5.82 Å². The summed E-state index contributed by atoms with van der Waals surface area (Å²) < 4.78 is 6.04. The van der Waals surface area contributed by atoms with Crippen LogP contribution in [0.4, 0.5) is 5.82 Å². The molecule has 1 saturated carbocycles. The first-order valence-corrected chi connectivity index (χ1v) is 7.25. The third kappa shape index (κ3) is 3.82. The summed E-state index contributed by atoms with van der Waals surface area (Å²) in [7, 11) is 1.87. The van der Waals surface area contributed by atoms with Crippen LogP contribution in [0.25, 0.3) is 0 Å². The van der Waals surface area contributed by atoms with Crippen molar-refractivity contribution in [2.75, 3.05) is 12.4 Å². The van der Waals surface area contributed by atoms with Crippen LogP contribution in [0.1, 0.15) is 52.3 Å². The van der Waals surface area contributed by atoms with Crippen molar-refractivity contribution in [3.8, 4) is 5.88 Å². The molecule has 4 heteroatoms. The Morgan fingerprint density at radius 3 is 2.58 bits per heavy atom. The lowest BCUT2D eigenvalue weighted by atomic mass is 9.76. The van der Waals surface area contributed by atoms with Crippen molar-refractivity contribution < 1.29 is 4.74 Å². The number of aryl methyl sites for hydroxylation is 1. The molecule has 1 aliphatic rings. The molecule has 2 rings (SSSR count). The summed E-state index contributed by atoms with van der Waals surface area (Å²) >= 11 is 0. The molecule has 0 aliphatic heterocycles. The number of hydrogen-bond acceptors (Lipinski definition) is 4. The van der Waals surface area contributed by atoms with Crippen LogP contribution in [0.5, 0.6) is 5.88 Å². The summed E-state index contributed by atoms with van der Waals surface area (Å²) in [6.45, 7) is 6.73. The van der Waals surface area contributed by atoms with Gasteiger partial charge in [-0.3, -0.25) is 0 Å². The molecule has 0 saturated heterocycles. The predicted molar refractivity (Wildman–Crippen MR) is 77.6 cm³/mol. The minimum absolute atomic E-state index is 0.303. The molecule has 1 aromatic heterocycles. The van der Waals surface area contributed by atoms with Gasteiger partial charge in [-0.25, -0.2) is 4.98 Å². The number of ether oxygens (including phenoxy) is 1.